The molecular weight excluding hydrogens is 437 g/mol. The molecule has 31 heavy (non-hydrogen) atoms. The fraction of sp³-hybridized carbons (Fsp3) is 0.0417. The molecule has 1 aliphatic rings. The maximum atomic E-state index is 12.5. The lowest BCUT2D eigenvalue weighted by molar-refractivity contribution is -0.118. The molecule has 0 heterocycles. The molecular formula is C24H15Cl2NO4. The van der Waals surface area contributed by atoms with Crippen molar-refractivity contribution in [1.82, 2.24) is 0 Å². The van der Waals surface area contributed by atoms with E-state index < -0.39 is 0 Å². The maximum absolute atomic E-state index is 12.5. The molecule has 0 fully saturated rings. The molecule has 0 saturated heterocycles. The van der Waals surface area contributed by atoms with Gasteiger partial charge in [0, 0.05) is 26.9 Å². The van der Waals surface area contributed by atoms with Crippen LogP contribution in [-0.2, 0) is 4.79 Å². The Morgan fingerprint density at radius 2 is 1.45 bits per heavy atom. The minimum absolute atomic E-state index is 0.134. The lowest BCUT2D eigenvalue weighted by Crippen LogP contribution is -2.20. The highest BCUT2D eigenvalue weighted by Gasteiger charge is 2.32. The Morgan fingerprint density at radius 1 is 0.871 bits per heavy atom. The topological polar surface area (TPSA) is 72.5 Å². The zero-order chi connectivity index (χ0) is 22.0. The predicted octanol–water partition coefficient (Wildman–Crippen LogP) is 5.47. The Balaban J connectivity index is 1.39. The van der Waals surface area contributed by atoms with E-state index in [1.165, 1.54) is 0 Å². The molecule has 0 radical (unpaired) electrons. The quantitative estimate of drug-likeness (QED) is 0.412. The summed E-state index contributed by atoms with van der Waals surface area (Å²) in [5.74, 6) is -0.462. The zero-order valence-electron chi connectivity index (χ0n) is 16.0. The second-order valence-corrected chi connectivity index (χ2v) is 7.70. The highest BCUT2D eigenvalue weighted by Crippen LogP contribution is 2.28. The Morgan fingerprint density at radius 3 is 2.03 bits per heavy atom. The van der Waals surface area contributed by atoms with Crippen LogP contribution in [-0.4, -0.2) is 24.1 Å². The fourth-order valence-electron chi connectivity index (χ4n) is 3.20. The molecule has 0 atom stereocenters. The molecule has 0 aromatic heterocycles. The van der Waals surface area contributed by atoms with E-state index in [1.807, 2.05) is 0 Å². The molecule has 0 aliphatic heterocycles. The van der Waals surface area contributed by atoms with E-state index in [9.17, 15) is 14.4 Å². The number of anilines is 1. The third-order valence-corrected chi connectivity index (χ3v) is 5.05. The summed E-state index contributed by atoms with van der Waals surface area (Å²) in [6.45, 7) is -0.211. The molecule has 0 bridgehead atoms. The number of Topliss-reactive ketones (excluding diaryl/α,β-unsaturated/α-hetero) is 2. The average molecular weight is 452 g/mol. The van der Waals surface area contributed by atoms with E-state index in [4.69, 9.17) is 27.9 Å². The first-order valence-corrected chi connectivity index (χ1v) is 10.1. The van der Waals surface area contributed by atoms with Crippen molar-refractivity contribution in [3.05, 3.63) is 99.0 Å². The first-order chi connectivity index (χ1) is 14.9. The molecule has 5 nitrogen and oxygen atoms in total. The van der Waals surface area contributed by atoms with Crippen LogP contribution in [0.25, 0.3) is 6.08 Å². The number of carbonyl (C=O) groups excluding carboxylic acids is 3. The van der Waals surface area contributed by atoms with E-state index >= 15 is 0 Å². The number of carbonyl (C=O) groups is 3. The lowest BCUT2D eigenvalue weighted by atomic mass is 10.1. The van der Waals surface area contributed by atoms with E-state index in [1.54, 1.807) is 72.8 Å². The van der Waals surface area contributed by atoms with Crippen LogP contribution < -0.4 is 10.1 Å². The van der Waals surface area contributed by atoms with Crippen molar-refractivity contribution in [3.8, 4) is 5.75 Å². The third-order valence-electron chi connectivity index (χ3n) is 4.61. The van der Waals surface area contributed by atoms with Crippen LogP contribution >= 0.6 is 23.2 Å². The number of fused-ring (bicyclic) bond motifs is 1. The smallest absolute Gasteiger partial charge is 0.262 e. The summed E-state index contributed by atoms with van der Waals surface area (Å²) in [5.41, 5.74) is 2.13. The number of amides is 1. The van der Waals surface area contributed by atoms with Gasteiger partial charge in [-0.1, -0.05) is 59.6 Å². The number of nitrogens with one attached hydrogen (secondary N) is 1. The van der Waals surface area contributed by atoms with Gasteiger partial charge in [-0.2, -0.15) is 0 Å². The van der Waals surface area contributed by atoms with Gasteiger partial charge in [0.05, 0.1) is 5.57 Å². The normalized spacial score (nSPS) is 12.5. The minimum atomic E-state index is -0.371. The molecule has 1 aliphatic carbocycles. The van der Waals surface area contributed by atoms with Gasteiger partial charge in [-0.15, -0.1) is 0 Å². The van der Waals surface area contributed by atoms with Crippen molar-refractivity contribution >= 4 is 52.4 Å². The summed E-state index contributed by atoms with van der Waals surface area (Å²) in [6, 6.07) is 18.2. The van der Waals surface area contributed by atoms with Gasteiger partial charge in [-0.3, -0.25) is 14.4 Å². The van der Waals surface area contributed by atoms with Gasteiger partial charge in [0.2, 0.25) is 0 Å². The summed E-state index contributed by atoms with van der Waals surface area (Å²) >= 11 is 11.8. The van der Waals surface area contributed by atoms with Crippen LogP contribution in [0.5, 0.6) is 5.75 Å². The number of ether oxygens (including phenoxy) is 1. The van der Waals surface area contributed by atoms with Crippen molar-refractivity contribution in [2.24, 2.45) is 0 Å². The molecule has 7 heteroatoms. The first kappa shape index (κ1) is 20.8. The van der Waals surface area contributed by atoms with Crippen LogP contribution in [0.2, 0.25) is 10.0 Å². The van der Waals surface area contributed by atoms with E-state index in [2.05, 4.69) is 5.32 Å². The van der Waals surface area contributed by atoms with Crippen LogP contribution in [0.1, 0.15) is 26.3 Å². The van der Waals surface area contributed by atoms with Crippen molar-refractivity contribution in [3.63, 3.8) is 0 Å². The van der Waals surface area contributed by atoms with E-state index in [0.717, 1.165) is 0 Å². The first-order valence-electron chi connectivity index (χ1n) is 9.29. The van der Waals surface area contributed by atoms with Gasteiger partial charge in [-0.05, 0) is 42.0 Å². The Labute approximate surface area is 188 Å². The highest BCUT2D eigenvalue weighted by molar-refractivity contribution is 6.41. The molecule has 3 aromatic carbocycles. The number of benzene rings is 3. The summed E-state index contributed by atoms with van der Waals surface area (Å²) in [4.78, 5) is 37.0. The van der Waals surface area contributed by atoms with Gasteiger partial charge in [0.25, 0.3) is 5.91 Å². The molecule has 4 rings (SSSR count). The molecule has 1 amide bonds. The van der Waals surface area contributed by atoms with Gasteiger partial charge in [0.15, 0.2) is 18.2 Å². The van der Waals surface area contributed by atoms with Gasteiger partial charge < -0.3 is 10.1 Å². The van der Waals surface area contributed by atoms with Crippen molar-refractivity contribution < 1.29 is 19.1 Å². The number of rotatable bonds is 5. The summed E-state index contributed by atoms with van der Waals surface area (Å²) in [5, 5.41) is 3.48. The number of hydrogen-bond acceptors (Lipinski definition) is 4. The summed E-state index contributed by atoms with van der Waals surface area (Å²) < 4.78 is 5.49. The largest absolute Gasteiger partial charge is 0.484 e. The van der Waals surface area contributed by atoms with Gasteiger partial charge >= 0.3 is 0 Å². The Hall–Kier alpha value is -3.41. The molecule has 154 valence electrons. The monoisotopic (exact) mass is 451 g/mol. The number of allylic oxidation sites excluding steroid dienone is 1. The Kier molecular flexibility index (Phi) is 5.89. The van der Waals surface area contributed by atoms with Crippen LogP contribution in [0.4, 0.5) is 5.69 Å². The predicted molar refractivity (Wildman–Crippen MR) is 120 cm³/mol. The minimum Gasteiger partial charge on any atom is -0.484 e. The van der Waals surface area contributed by atoms with Gasteiger partial charge in [0.1, 0.15) is 5.75 Å². The zero-order valence-corrected chi connectivity index (χ0v) is 17.5. The van der Waals surface area contributed by atoms with Crippen molar-refractivity contribution in [2.75, 3.05) is 11.9 Å². The van der Waals surface area contributed by atoms with Crippen molar-refractivity contribution in [1.29, 1.82) is 0 Å². The summed E-state index contributed by atoms with van der Waals surface area (Å²) in [6.07, 6.45) is 1.56. The second-order valence-electron chi connectivity index (χ2n) is 6.83. The summed E-state index contributed by atoms with van der Waals surface area (Å²) in [7, 11) is 0. The maximum Gasteiger partial charge on any atom is 0.262 e. The molecule has 1 N–H and O–H groups in total. The Bertz CT molecular complexity index is 1180. The number of ketones is 2. The van der Waals surface area contributed by atoms with Gasteiger partial charge in [-0.25, -0.2) is 0 Å². The van der Waals surface area contributed by atoms with Crippen LogP contribution in [0.3, 0.4) is 0 Å². The highest BCUT2D eigenvalue weighted by atomic mass is 35.5. The second kappa shape index (κ2) is 8.76. The average Bonchev–Trinajstić information content (AvgIpc) is 2.98. The van der Waals surface area contributed by atoms with E-state index in [-0.39, 0.29) is 29.7 Å². The third kappa shape index (κ3) is 4.68. The SMILES string of the molecule is O=C(COc1ccc(C=C2C(=O)c3ccccc3C2=O)cc1)Nc1cc(Cl)cc(Cl)c1. The van der Waals surface area contributed by atoms with Crippen LogP contribution in [0, 0.1) is 0 Å². The standard InChI is InChI=1S/C24H15Cl2NO4/c25-15-10-16(26)12-17(11-15)27-22(28)13-31-18-7-5-14(6-8-18)9-21-23(29)19-3-1-2-4-20(19)24(21)30/h1-12H,13H2,(H,27,28). The fourth-order valence-corrected chi connectivity index (χ4v) is 3.73. The molecule has 0 saturated carbocycles. The molecule has 0 unspecified atom stereocenters. The van der Waals surface area contributed by atoms with Crippen molar-refractivity contribution in [2.45, 2.75) is 0 Å². The number of halogens is 2. The lowest BCUT2D eigenvalue weighted by Gasteiger charge is -2.08. The van der Waals surface area contributed by atoms with Crippen LogP contribution in [0.15, 0.2) is 72.3 Å². The number of hydrogen-bond donors (Lipinski definition) is 1. The molecule has 3 aromatic rings. The molecule has 0 spiro atoms. The van der Waals surface area contributed by atoms with E-state index in [0.29, 0.717) is 38.2 Å².